The van der Waals surface area contributed by atoms with Gasteiger partial charge in [0.2, 0.25) is 0 Å². The van der Waals surface area contributed by atoms with Crippen LogP contribution in [0.1, 0.15) is 5.56 Å². The summed E-state index contributed by atoms with van der Waals surface area (Å²) in [5.74, 6) is 0. The van der Waals surface area contributed by atoms with Crippen molar-refractivity contribution in [3.63, 3.8) is 0 Å². The summed E-state index contributed by atoms with van der Waals surface area (Å²) in [4.78, 5) is 0. The minimum absolute atomic E-state index is 0. The van der Waals surface area contributed by atoms with Crippen molar-refractivity contribution >= 4 is 15.9 Å². The lowest BCUT2D eigenvalue weighted by Crippen LogP contribution is -1.66. The van der Waals surface area contributed by atoms with Gasteiger partial charge in [-0.25, -0.2) is 0 Å². The predicted molar refractivity (Wildman–Crippen MR) is 41.4 cm³/mol. The molecule has 9 heavy (non-hydrogen) atoms. The first-order valence-corrected chi connectivity index (χ1v) is 3.30. The van der Waals surface area contributed by atoms with Gasteiger partial charge in [-0.2, -0.15) is 0 Å². The number of rotatable bonds is 0. The van der Waals surface area contributed by atoms with Gasteiger partial charge in [-0.1, -0.05) is 33.6 Å². The standard InChI is InChI=1S/C7H7Br.FH/c1-6-2-4-7(8)5-3-6;/h2-5H,1H3;1H. The third-order valence-electron chi connectivity index (χ3n) is 1.01. The SMILES string of the molecule is Cc1ccc(Br)cc1.F. The van der Waals surface area contributed by atoms with E-state index in [1.165, 1.54) is 5.56 Å². The Balaban J connectivity index is 0.000000640. The van der Waals surface area contributed by atoms with E-state index in [1.807, 2.05) is 12.1 Å². The van der Waals surface area contributed by atoms with Crippen molar-refractivity contribution in [2.75, 3.05) is 0 Å². The number of hydrogen-bond acceptors (Lipinski definition) is 0. The molecule has 0 atom stereocenters. The van der Waals surface area contributed by atoms with E-state index in [9.17, 15) is 0 Å². The zero-order valence-electron chi connectivity index (χ0n) is 5.10. The first-order valence-electron chi connectivity index (χ1n) is 2.51. The summed E-state index contributed by atoms with van der Waals surface area (Å²) < 4.78 is 1.14. The Morgan fingerprint density at radius 3 is 1.89 bits per heavy atom. The zero-order valence-corrected chi connectivity index (χ0v) is 6.68. The van der Waals surface area contributed by atoms with Crippen LogP contribution in [0.2, 0.25) is 0 Å². The quantitative estimate of drug-likeness (QED) is 0.591. The fourth-order valence-corrected chi connectivity index (χ4v) is 0.798. The van der Waals surface area contributed by atoms with Gasteiger partial charge in [0.05, 0.1) is 0 Å². The highest BCUT2D eigenvalue weighted by molar-refractivity contribution is 9.10. The van der Waals surface area contributed by atoms with Gasteiger partial charge in [0.25, 0.3) is 0 Å². The van der Waals surface area contributed by atoms with Crippen LogP contribution in [-0.2, 0) is 0 Å². The molecule has 0 aromatic heterocycles. The van der Waals surface area contributed by atoms with Crippen LogP contribution in [0.3, 0.4) is 0 Å². The van der Waals surface area contributed by atoms with Crippen molar-refractivity contribution in [1.29, 1.82) is 0 Å². The number of benzene rings is 1. The minimum atomic E-state index is 0. The third-order valence-corrected chi connectivity index (χ3v) is 1.54. The lowest BCUT2D eigenvalue weighted by molar-refractivity contribution is 1.11. The molecule has 0 unspecified atom stereocenters. The van der Waals surface area contributed by atoms with Gasteiger partial charge in [-0.05, 0) is 19.1 Å². The second-order valence-corrected chi connectivity index (χ2v) is 2.71. The van der Waals surface area contributed by atoms with Gasteiger partial charge >= 0.3 is 0 Å². The van der Waals surface area contributed by atoms with E-state index in [0.29, 0.717) is 0 Å². The molecule has 50 valence electrons. The van der Waals surface area contributed by atoms with E-state index in [0.717, 1.165) is 4.47 Å². The molecule has 0 aliphatic rings. The average molecular weight is 191 g/mol. The fourth-order valence-electron chi connectivity index (χ4n) is 0.533. The van der Waals surface area contributed by atoms with Crippen LogP contribution in [0.4, 0.5) is 4.70 Å². The van der Waals surface area contributed by atoms with E-state index in [4.69, 9.17) is 0 Å². The Labute approximate surface area is 62.4 Å². The Morgan fingerprint density at radius 1 is 1.11 bits per heavy atom. The van der Waals surface area contributed by atoms with Crippen molar-refractivity contribution in [2.45, 2.75) is 6.92 Å². The zero-order chi connectivity index (χ0) is 5.98. The molecule has 1 rings (SSSR count). The van der Waals surface area contributed by atoms with Crippen molar-refractivity contribution < 1.29 is 4.70 Å². The van der Waals surface area contributed by atoms with Gasteiger partial charge in [0.1, 0.15) is 0 Å². The van der Waals surface area contributed by atoms with E-state index in [-0.39, 0.29) is 4.70 Å². The first-order chi connectivity index (χ1) is 3.79. The molecular weight excluding hydrogens is 183 g/mol. The molecule has 0 spiro atoms. The summed E-state index contributed by atoms with van der Waals surface area (Å²) in [7, 11) is 0. The molecule has 0 aliphatic heterocycles. The van der Waals surface area contributed by atoms with E-state index < -0.39 is 0 Å². The number of aryl methyl sites for hydroxylation is 1. The van der Waals surface area contributed by atoms with Crippen LogP contribution in [0.5, 0.6) is 0 Å². The van der Waals surface area contributed by atoms with Gasteiger partial charge in [0, 0.05) is 4.47 Å². The van der Waals surface area contributed by atoms with Crippen LogP contribution < -0.4 is 0 Å². The molecule has 0 radical (unpaired) electrons. The molecule has 0 heterocycles. The third kappa shape index (κ3) is 2.61. The molecule has 0 nitrogen and oxygen atoms in total. The van der Waals surface area contributed by atoms with E-state index >= 15 is 0 Å². The summed E-state index contributed by atoms with van der Waals surface area (Å²) in [5.41, 5.74) is 1.30. The number of hydrogen-bond donors (Lipinski definition) is 0. The predicted octanol–water partition coefficient (Wildman–Crippen LogP) is 2.91. The maximum absolute atomic E-state index is 3.35. The van der Waals surface area contributed by atoms with Crippen LogP contribution in [0.15, 0.2) is 28.7 Å². The number of halogens is 2. The highest BCUT2D eigenvalue weighted by atomic mass is 79.9. The second kappa shape index (κ2) is 3.62. The largest absolute Gasteiger partial charge is 0.269 e. The molecule has 0 N–H and O–H groups in total. The molecule has 1 aromatic rings. The molecule has 0 aliphatic carbocycles. The minimum Gasteiger partial charge on any atom is -0.269 e. The molecule has 0 bridgehead atoms. The van der Waals surface area contributed by atoms with Gasteiger partial charge in [0.15, 0.2) is 0 Å². The Bertz CT molecular complexity index is 148. The fraction of sp³-hybridized carbons (Fsp3) is 0.143. The van der Waals surface area contributed by atoms with Crippen LogP contribution in [-0.4, -0.2) is 0 Å². The summed E-state index contributed by atoms with van der Waals surface area (Å²) in [6.07, 6.45) is 0. The summed E-state index contributed by atoms with van der Waals surface area (Å²) >= 11 is 3.35. The second-order valence-electron chi connectivity index (χ2n) is 1.80. The molecule has 1 aromatic carbocycles. The van der Waals surface area contributed by atoms with Crippen molar-refractivity contribution in [3.05, 3.63) is 34.3 Å². The normalized spacial score (nSPS) is 8.22. The first kappa shape index (κ1) is 8.63. The lowest BCUT2D eigenvalue weighted by Gasteiger charge is -1.88. The average Bonchev–Trinajstić information content (AvgIpc) is 1.77. The van der Waals surface area contributed by atoms with Crippen LogP contribution in [0, 0.1) is 6.92 Å². The Morgan fingerprint density at radius 2 is 1.56 bits per heavy atom. The van der Waals surface area contributed by atoms with Crippen molar-refractivity contribution in [3.8, 4) is 0 Å². The van der Waals surface area contributed by atoms with Crippen molar-refractivity contribution in [2.24, 2.45) is 0 Å². The highest BCUT2D eigenvalue weighted by Gasteiger charge is 1.81. The highest BCUT2D eigenvalue weighted by Crippen LogP contribution is 2.08. The Kier molecular flexibility index (Phi) is 3.47. The smallest absolute Gasteiger partial charge is 0.0175 e. The van der Waals surface area contributed by atoms with E-state index in [1.54, 1.807) is 0 Å². The molecular formula is C7H8BrF. The summed E-state index contributed by atoms with van der Waals surface area (Å²) in [6.45, 7) is 2.08. The van der Waals surface area contributed by atoms with Crippen LogP contribution in [0.25, 0.3) is 0 Å². The Hall–Kier alpha value is -0.370. The lowest BCUT2D eigenvalue weighted by atomic mass is 10.2. The topological polar surface area (TPSA) is 0 Å². The van der Waals surface area contributed by atoms with Gasteiger partial charge in [-0.3, -0.25) is 4.70 Å². The van der Waals surface area contributed by atoms with Gasteiger partial charge < -0.3 is 0 Å². The molecule has 2 heteroatoms. The maximum atomic E-state index is 3.35. The van der Waals surface area contributed by atoms with E-state index in [2.05, 4.69) is 35.0 Å². The summed E-state index contributed by atoms with van der Waals surface area (Å²) in [6, 6.07) is 8.22. The molecule has 0 saturated heterocycles. The maximum Gasteiger partial charge on any atom is 0.0175 e. The van der Waals surface area contributed by atoms with Crippen molar-refractivity contribution in [1.82, 2.24) is 0 Å². The molecule has 0 amide bonds. The van der Waals surface area contributed by atoms with Gasteiger partial charge in [-0.15, -0.1) is 0 Å². The monoisotopic (exact) mass is 190 g/mol. The van der Waals surface area contributed by atoms with Crippen LogP contribution >= 0.6 is 15.9 Å². The summed E-state index contributed by atoms with van der Waals surface area (Å²) in [5, 5.41) is 0. The molecule has 0 saturated carbocycles. The molecule has 0 fully saturated rings.